The van der Waals surface area contributed by atoms with E-state index in [0.29, 0.717) is 17.1 Å². The van der Waals surface area contributed by atoms with Crippen LogP contribution in [0.1, 0.15) is 32.6 Å². The fourth-order valence-electron chi connectivity index (χ4n) is 3.62. The van der Waals surface area contributed by atoms with Crippen LogP contribution in [0.15, 0.2) is 48.5 Å². The van der Waals surface area contributed by atoms with E-state index < -0.39 is 22.0 Å². The molecule has 1 atom stereocenters. The Morgan fingerprint density at radius 1 is 1.10 bits per heavy atom. The van der Waals surface area contributed by atoms with Crippen molar-refractivity contribution in [3.8, 4) is 11.5 Å². The molecule has 0 radical (unpaired) electrons. The van der Waals surface area contributed by atoms with Crippen molar-refractivity contribution in [2.45, 2.75) is 44.8 Å². The molecule has 1 N–H and O–H groups in total. The third kappa shape index (κ3) is 5.44. The number of benzene rings is 2. The first-order chi connectivity index (χ1) is 14.3. The molecule has 8 heteroatoms. The maximum Gasteiger partial charge on any atom is 0.247 e. The second-order valence-corrected chi connectivity index (χ2v) is 9.33. The molecule has 1 aliphatic carbocycles. The quantitative estimate of drug-likeness (QED) is 0.686. The van der Waals surface area contributed by atoms with Gasteiger partial charge in [0.05, 0.1) is 25.2 Å². The van der Waals surface area contributed by atoms with Crippen LogP contribution in [0.3, 0.4) is 0 Å². The molecule has 1 amide bonds. The highest BCUT2D eigenvalue weighted by atomic mass is 32.2. The molecule has 7 nitrogen and oxygen atoms in total. The standard InChI is InChI=1S/C22H28N2O5S/c1-16(24(30(3,26)27)18-7-6-10-21(15-18)28-2)22(25)23-17-11-13-20(14-12-17)29-19-8-4-5-9-19/h6-7,10-16,19H,4-5,8-9H2,1-3H3,(H,23,25)/t16-/m1/s1. The lowest BCUT2D eigenvalue weighted by molar-refractivity contribution is -0.116. The van der Waals surface area contributed by atoms with Crippen LogP contribution in [0.2, 0.25) is 0 Å². The van der Waals surface area contributed by atoms with E-state index in [2.05, 4.69) is 5.32 Å². The minimum atomic E-state index is -3.70. The molecule has 162 valence electrons. The fraction of sp³-hybridized carbons (Fsp3) is 0.409. The van der Waals surface area contributed by atoms with Crippen LogP contribution in [-0.4, -0.2) is 39.8 Å². The van der Waals surface area contributed by atoms with Gasteiger partial charge in [0, 0.05) is 11.8 Å². The zero-order chi connectivity index (χ0) is 21.7. The third-order valence-corrected chi connectivity index (χ3v) is 6.36. The van der Waals surface area contributed by atoms with E-state index >= 15 is 0 Å². The Morgan fingerprint density at radius 3 is 2.37 bits per heavy atom. The smallest absolute Gasteiger partial charge is 0.247 e. The van der Waals surface area contributed by atoms with Gasteiger partial charge in [0.25, 0.3) is 0 Å². The molecule has 0 unspecified atom stereocenters. The molecule has 1 fully saturated rings. The predicted octanol–water partition coefficient (Wildman–Crippen LogP) is 3.81. The lowest BCUT2D eigenvalue weighted by Crippen LogP contribution is -2.45. The number of rotatable bonds is 8. The van der Waals surface area contributed by atoms with Crippen LogP contribution in [0.25, 0.3) is 0 Å². The van der Waals surface area contributed by atoms with Crippen molar-refractivity contribution < 1.29 is 22.7 Å². The number of hydrogen-bond donors (Lipinski definition) is 1. The zero-order valence-corrected chi connectivity index (χ0v) is 18.3. The summed E-state index contributed by atoms with van der Waals surface area (Å²) in [4.78, 5) is 12.8. The number of carbonyl (C=O) groups is 1. The third-order valence-electron chi connectivity index (χ3n) is 5.12. The van der Waals surface area contributed by atoms with Crippen molar-refractivity contribution in [3.05, 3.63) is 48.5 Å². The fourth-order valence-corrected chi connectivity index (χ4v) is 4.79. The summed E-state index contributed by atoms with van der Waals surface area (Å²) < 4.78 is 37.1. The molecule has 3 rings (SSSR count). The molecular formula is C22H28N2O5S. The van der Waals surface area contributed by atoms with Gasteiger partial charge in [-0.05, 0) is 69.0 Å². The Balaban J connectivity index is 1.72. The maximum absolute atomic E-state index is 12.8. The monoisotopic (exact) mass is 432 g/mol. The summed E-state index contributed by atoms with van der Waals surface area (Å²) in [6, 6.07) is 12.8. The zero-order valence-electron chi connectivity index (χ0n) is 17.5. The number of nitrogens with zero attached hydrogens (tertiary/aromatic N) is 1. The van der Waals surface area contributed by atoms with Gasteiger partial charge in [-0.1, -0.05) is 6.07 Å². The molecule has 0 heterocycles. The molecule has 0 aromatic heterocycles. The Kier molecular flexibility index (Phi) is 6.87. The van der Waals surface area contributed by atoms with Gasteiger partial charge in [0.15, 0.2) is 0 Å². The van der Waals surface area contributed by atoms with Crippen molar-refractivity contribution in [2.75, 3.05) is 23.0 Å². The van der Waals surface area contributed by atoms with E-state index in [9.17, 15) is 13.2 Å². The molecule has 2 aromatic carbocycles. The van der Waals surface area contributed by atoms with Gasteiger partial charge in [-0.15, -0.1) is 0 Å². The average Bonchev–Trinajstić information content (AvgIpc) is 3.21. The lowest BCUT2D eigenvalue weighted by atomic mass is 10.2. The van der Waals surface area contributed by atoms with Gasteiger partial charge in [0.1, 0.15) is 17.5 Å². The first-order valence-electron chi connectivity index (χ1n) is 9.99. The molecule has 0 saturated heterocycles. The average molecular weight is 433 g/mol. The Bertz CT molecular complexity index is 969. The number of sulfonamides is 1. The van der Waals surface area contributed by atoms with Crippen molar-refractivity contribution in [1.29, 1.82) is 0 Å². The summed E-state index contributed by atoms with van der Waals surface area (Å²) in [5.74, 6) is 0.835. The molecular weight excluding hydrogens is 404 g/mol. The van der Waals surface area contributed by atoms with Crippen molar-refractivity contribution in [2.24, 2.45) is 0 Å². The Morgan fingerprint density at radius 2 is 1.77 bits per heavy atom. The van der Waals surface area contributed by atoms with Crippen LogP contribution in [0.5, 0.6) is 11.5 Å². The number of amides is 1. The lowest BCUT2D eigenvalue weighted by Gasteiger charge is -2.28. The van der Waals surface area contributed by atoms with Crippen LogP contribution in [0.4, 0.5) is 11.4 Å². The van der Waals surface area contributed by atoms with E-state index in [1.54, 1.807) is 43.3 Å². The van der Waals surface area contributed by atoms with Crippen LogP contribution < -0.4 is 19.1 Å². The predicted molar refractivity (Wildman–Crippen MR) is 118 cm³/mol. The highest BCUT2D eigenvalue weighted by Gasteiger charge is 2.29. The highest BCUT2D eigenvalue weighted by Crippen LogP contribution is 2.27. The number of nitrogens with one attached hydrogen (secondary N) is 1. The van der Waals surface area contributed by atoms with E-state index in [1.807, 2.05) is 12.1 Å². The van der Waals surface area contributed by atoms with Gasteiger partial charge >= 0.3 is 0 Å². The summed E-state index contributed by atoms with van der Waals surface area (Å²) >= 11 is 0. The largest absolute Gasteiger partial charge is 0.497 e. The SMILES string of the molecule is COc1cccc(N([C@H](C)C(=O)Nc2ccc(OC3CCCC3)cc2)S(C)(=O)=O)c1. The number of anilines is 2. The molecule has 1 aliphatic rings. The number of hydrogen-bond acceptors (Lipinski definition) is 5. The Labute approximate surface area is 178 Å². The topological polar surface area (TPSA) is 84.9 Å². The van der Waals surface area contributed by atoms with Gasteiger partial charge in [-0.2, -0.15) is 0 Å². The van der Waals surface area contributed by atoms with E-state index in [-0.39, 0.29) is 6.10 Å². The minimum Gasteiger partial charge on any atom is -0.497 e. The maximum atomic E-state index is 12.8. The molecule has 1 saturated carbocycles. The summed E-state index contributed by atoms with van der Waals surface area (Å²) in [6.45, 7) is 1.55. The van der Waals surface area contributed by atoms with Crippen molar-refractivity contribution in [3.63, 3.8) is 0 Å². The molecule has 30 heavy (non-hydrogen) atoms. The second kappa shape index (κ2) is 9.38. The van der Waals surface area contributed by atoms with E-state index in [0.717, 1.165) is 29.2 Å². The van der Waals surface area contributed by atoms with Crippen molar-refractivity contribution >= 4 is 27.3 Å². The van der Waals surface area contributed by atoms with Crippen molar-refractivity contribution in [1.82, 2.24) is 0 Å². The van der Waals surface area contributed by atoms with Crippen LogP contribution in [0, 0.1) is 0 Å². The van der Waals surface area contributed by atoms with E-state index in [4.69, 9.17) is 9.47 Å². The van der Waals surface area contributed by atoms with Crippen LogP contribution in [-0.2, 0) is 14.8 Å². The van der Waals surface area contributed by atoms with Gasteiger partial charge in [0.2, 0.25) is 15.9 Å². The summed E-state index contributed by atoms with van der Waals surface area (Å²) in [6.07, 6.45) is 5.87. The normalized spacial score (nSPS) is 15.4. The molecule has 0 bridgehead atoms. The molecule has 0 aliphatic heterocycles. The summed E-state index contributed by atoms with van der Waals surface area (Å²) in [7, 11) is -2.20. The van der Waals surface area contributed by atoms with Gasteiger partial charge in [-0.3, -0.25) is 9.10 Å². The second-order valence-electron chi connectivity index (χ2n) is 7.47. The first-order valence-corrected chi connectivity index (χ1v) is 11.8. The first kappa shape index (κ1) is 22.0. The molecule has 0 spiro atoms. The number of methoxy groups -OCH3 is 1. The molecule has 2 aromatic rings. The van der Waals surface area contributed by atoms with Gasteiger partial charge < -0.3 is 14.8 Å². The number of ether oxygens (including phenoxy) is 2. The summed E-state index contributed by atoms with van der Waals surface area (Å²) in [5.41, 5.74) is 0.935. The number of carbonyl (C=O) groups excluding carboxylic acids is 1. The van der Waals surface area contributed by atoms with Crippen LogP contribution >= 0.6 is 0 Å². The minimum absolute atomic E-state index is 0.261. The van der Waals surface area contributed by atoms with Gasteiger partial charge in [-0.25, -0.2) is 8.42 Å². The summed E-state index contributed by atoms with van der Waals surface area (Å²) in [5, 5.41) is 2.78. The Hall–Kier alpha value is -2.74. The van der Waals surface area contributed by atoms with E-state index in [1.165, 1.54) is 20.0 Å². The highest BCUT2D eigenvalue weighted by molar-refractivity contribution is 7.92.